The highest BCUT2D eigenvalue weighted by Crippen LogP contribution is 2.17. The molecule has 0 amide bonds. The average molecular weight is 526 g/mol. The first kappa shape index (κ1) is 24.1. The third-order valence-corrected chi connectivity index (χ3v) is 4.70. The van der Waals surface area contributed by atoms with Crippen molar-refractivity contribution in [3.05, 3.63) is 48.3 Å². The van der Waals surface area contributed by atoms with Crippen LogP contribution in [0.2, 0.25) is 0 Å². The van der Waals surface area contributed by atoms with E-state index in [1.54, 1.807) is 19.5 Å². The summed E-state index contributed by atoms with van der Waals surface area (Å²) in [4.78, 5) is 17.9. The van der Waals surface area contributed by atoms with Gasteiger partial charge in [-0.05, 0) is 19.1 Å². The van der Waals surface area contributed by atoms with E-state index < -0.39 is 0 Å². The first-order valence-corrected chi connectivity index (χ1v) is 10.1. The van der Waals surface area contributed by atoms with Crippen LogP contribution in [0.5, 0.6) is 5.75 Å². The van der Waals surface area contributed by atoms with Crippen LogP contribution in [0.15, 0.2) is 47.7 Å². The molecule has 8 nitrogen and oxygen atoms in total. The van der Waals surface area contributed by atoms with E-state index in [0.717, 1.165) is 55.9 Å². The molecule has 0 radical (unpaired) electrons. The summed E-state index contributed by atoms with van der Waals surface area (Å²) in [5.74, 6) is 2.57. The lowest BCUT2D eigenvalue weighted by Gasteiger charge is -2.36. The van der Waals surface area contributed by atoms with Crippen molar-refractivity contribution < 1.29 is 9.47 Å². The van der Waals surface area contributed by atoms with E-state index in [1.165, 1.54) is 0 Å². The Morgan fingerprint density at radius 1 is 1.10 bits per heavy atom. The Kier molecular flexibility index (Phi) is 10.6. The van der Waals surface area contributed by atoms with Crippen LogP contribution in [-0.4, -0.2) is 73.8 Å². The van der Waals surface area contributed by atoms with Gasteiger partial charge < -0.3 is 24.6 Å². The van der Waals surface area contributed by atoms with Gasteiger partial charge in [-0.2, -0.15) is 0 Å². The van der Waals surface area contributed by atoms with Crippen LogP contribution in [0.1, 0.15) is 12.5 Å². The van der Waals surface area contributed by atoms with Crippen molar-refractivity contribution >= 4 is 35.9 Å². The summed E-state index contributed by atoms with van der Waals surface area (Å²) in [5, 5.41) is 3.38. The van der Waals surface area contributed by atoms with E-state index >= 15 is 0 Å². The minimum absolute atomic E-state index is 0. The van der Waals surface area contributed by atoms with Crippen LogP contribution < -0.4 is 15.0 Å². The number of hydrogen-bond acceptors (Lipinski definition) is 6. The fourth-order valence-corrected chi connectivity index (χ4v) is 3.22. The highest BCUT2D eigenvalue weighted by Gasteiger charge is 2.20. The molecular weight excluding hydrogens is 495 g/mol. The van der Waals surface area contributed by atoms with Gasteiger partial charge in [0.2, 0.25) is 5.95 Å². The van der Waals surface area contributed by atoms with Crippen molar-refractivity contribution in [2.24, 2.45) is 4.99 Å². The standard InChI is InChI=1S/C21H30N6O2.HI/c1-3-22-20(25-11-16-29-17-18-7-4-5-8-19(18)28-2)26-12-14-27(15-13-26)21-23-9-6-10-24-21;/h4-10H,3,11-17H2,1-2H3,(H,22,25);1H. The zero-order valence-electron chi connectivity index (χ0n) is 17.7. The Morgan fingerprint density at radius 3 is 2.53 bits per heavy atom. The van der Waals surface area contributed by atoms with Crippen molar-refractivity contribution in [1.29, 1.82) is 0 Å². The molecule has 1 aliphatic rings. The first-order chi connectivity index (χ1) is 14.3. The van der Waals surface area contributed by atoms with Gasteiger partial charge in [0, 0.05) is 50.7 Å². The van der Waals surface area contributed by atoms with Gasteiger partial charge in [0.15, 0.2) is 5.96 Å². The van der Waals surface area contributed by atoms with Gasteiger partial charge in [0.05, 0.1) is 26.9 Å². The number of benzene rings is 1. The number of anilines is 1. The second-order valence-electron chi connectivity index (χ2n) is 6.62. The molecule has 1 aromatic carbocycles. The monoisotopic (exact) mass is 526 g/mol. The molecule has 0 spiro atoms. The molecule has 9 heteroatoms. The molecule has 3 rings (SSSR count). The number of methoxy groups -OCH3 is 1. The number of hydrogen-bond donors (Lipinski definition) is 1. The van der Waals surface area contributed by atoms with Gasteiger partial charge in [0.25, 0.3) is 0 Å². The highest BCUT2D eigenvalue weighted by atomic mass is 127. The Balaban J connectivity index is 0.00000320. The van der Waals surface area contributed by atoms with Crippen LogP contribution >= 0.6 is 24.0 Å². The summed E-state index contributed by atoms with van der Waals surface area (Å²) in [6.07, 6.45) is 3.57. The lowest BCUT2D eigenvalue weighted by atomic mass is 10.2. The summed E-state index contributed by atoms with van der Waals surface area (Å²) < 4.78 is 11.2. The van der Waals surface area contributed by atoms with Crippen molar-refractivity contribution in [1.82, 2.24) is 20.2 Å². The summed E-state index contributed by atoms with van der Waals surface area (Å²) in [7, 11) is 1.68. The number of aliphatic imine (C=N–C) groups is 1. The Hall–Kier alpha value is -2.14. The third kappa shape index (κ3) is 6.98. The number of nitrogens with zero attached hydrogens (tertiary/aromatic N) is 5. The zero-order valence-corrected chi connectivity index (χ0v) is 20.0. The molecule has 1 aromatic heterocycles. The summed E-state index contributed by atoms with van der Waals surface area (Å²) in [6, 6.07) is 9.75. The van der Waals surface area contributed by atoms with Gasteiger partial charge in [-0.3, -0.25) is 4.99 Å². The van der Waals surface area contributed by atoms with Crippen LogP contribution in [-0.2, 0) is 11.3 Å². The number of halogens is 1. The Morgan fingerprint density at radius 2 is 1.83 bits per heavy atom. The number of rotatable bonds is 8. The first-order valence-electron chi connectivity index (χ1n) is 10.1. The number of para-hydroxylation sites is 1. The van der Waals surface area contributed by atoms with Crippen LogP contribution in [0, 0.1) is 0 Å². The minimum atomic E-state index is 0. The van der Waals surface area contributed by atoms with Crippen LogP contribution in [0.4, 0.5) is 5.95 Å². The molecular formula is C21H31IN6O2. The smallest absolute Gasteiger partial charge is 0.225 e. The number of ether oxygens (including phenoxy) is 2. The summed E-state index contributed by atoms with van der Waals surface area (Å²) in [6.45, 7) is 8.12. The normalized spacial score (nSPS) is 14.3. The molecule has 0 saturated carbocycles. The highest BCUT2D eigenvalue weighted by molar-refractivity contribution is 14.0. The number of piperazine rings is 1. The van der Waals surface area contributed by atoms with Gasteiger partial charge in [-0.1, -0.05) is 18.2 Å². The molecule has 0 atom stereocenters. The summed E-state index contributed by atoms with van der Waals surface area (Å²) >= 11 is 0. The lowest BCUT2D eigenvalue weighted by molar-refractivity contribution is 0.126. The maximum Gasteiger partial charge on any atom is 0.225 e. The molecule has 1 N–H and O–H groups in total. The van der Waals surface area contributed by atoms with E-state index in [1.807, 2.05) is 30.3 Å². The lowest BCUT2D eigenvalue weighted by Crippen LogP contribution is -2.53. The van der Waals surface area contributed by atoms with Gasteiger partial charge in [-0.25, -0.2) is 9.97 Å². The number of aromatic nitrogens is 2. The van der Waals surface area contributed by atoms with E-state index in [-0.39, 0.29) is 24.0 Å². The Labute approximate surface area is 195 Å². The molecule has 0 aliphatic carbocycles. The maximum atomic E-state index is 5.79. The minimum Gasteiger partial charge on any atom is -0.496 e. The van der Waals surface area contributed by atoms with Crippen molar-refractivity contribution in [3.63, 3.8) is 0 Å². The molecule has 0 bridgehead atoms. The van der Waals surface area contributed by atoms with Gasteiger partial charge in [0.1, 0.15) is 5.75 Å². The van der Waals surface area contributed by atoms with Gasteiger partial charge >= 0.3 is 0 Å². The third-order valence-electron chi connectivity index (χ3n) is 4.70. The van der Waals surface area contributed by atoms with Crippen molar-refractivity contribution in [3.8, 4) is 5.75 Å². The average Bonchev–Trinajstić information content (AvgIpc) is 2.79. The SMILES string of the molecule is CCNC(=NCCOCc1ccccc1OC)N1CCN(c2ncccn2)CC1.I. The Bertz CT molecular complexity index is 769. The molecule has 2 aromatic rings. The van der Waals surface area contributed by atoms with Gasteiger partial charge in [-0.15, -0.1) is 24.0 Å². The van der Waals surface area contributed by atoms with Crippen LogP contribution in [0.25, 0.3) is 0 Å². The van der Waals surface area contributed by atoms with E-state index in [9.17, 15) is 0 Å². The predicted octanol–water partition coefficient (Wildman–Crippen LogP) is 2.41. The quantitative estimate of drug-likeness (QED) is 0.245. The van der Waals surface area contributed by atoms with E-state index in [4.69, 9.17) is 14.5 Å². The predicted molar refractivity (Wildman–Crippen MR) is 130 cm³/mol. The summed E-state index contributed by atoms with van der Waals surface area (Å²) in [5.41, 5.74) is 1.05. The zero-order chi connectivity index (χ0) is 20.3. The maximum absolute atomic E-state index is 5.79. The molecule has 2 heterocycles. The van der Waals surface area contributed by atoms with Crippen LogP contribution in [0.3, 0.4) is 0 Å². The second-order valence-corrected chi connectivity index (χ2v) is 6.62. The van der Waals surface area contributed by atoms with E-state index in [2.05, 4.69) is 32.0 Å². The van der Waals surface area contributed by atoms with E-state index in [0.29, 0.717) is 19.8 Å². The van der Waals surface area contributed by atoms with Crippen molar-refractivity contribution in [2.45, 2.75) is 13.5 Å². The molecule has 1 aliphatic heterocycles. The molecule has 1 saturated heterocycles. The second kappa shape index (κ2) is 13.2. The fourth-order valence-electron chi connectivity index (χ4n) is 3.22. The molecule has 30 heavy (non-hydrogen) atoms. The fraction of sp³-hybridized carbons (Fsp3) is 0.476. The molecule has 0 unspecified atom stereocenters. The number of nitrogens with one attached hydrogen (secondary N) is 1. The number of guanidine groups is 1. The molecule has 164 valence electrons. The topological polar surface area (TPSA) is 75.1 Å². The van der Waals surface area contributed by atoms with Crippen molar-refractivity contribution in [2.75, 3.05) is 57.9 Å². The molecule has 1 fully saturated rings. The largest absolute Gasteiger partial charge is 0.496 e.